The first kappa shape index (κ1) is 15.3. The summed E-state index contributed by atoms with van der Waals surface area (Å²) >= 11 is 0. The fourth-order valence-electron chi connectivity index (χ4n) is 2.20. The molecule has 0 unspecified atom stereocenters. The lowest BCUT2D eigenvalue weighted by Crippen LogP contribution is -2.37. The molecule has 1 fully saturated rings. The quantitative estimate of drug-likeness (QED) is 0.790. The highest BCUT2D eigenvalue weighted by atomic mass is 32.2. The van der Waals surface area contributed by atoms with Crippen molar-refractivity contribution in [3.63, 3.8) is 0 Å². The molecule has 1 aliphatic heterocycles. The lowest BCUT2D eigenvalue weighted by atomic mass is 10.3. The Kier molecular flexibility index (Phi) is 5.39. The first-order chi connectivity index (χ1) is 9.62. The maximum atomic E-state index is 12.2. The molecule has 0 bridgehead atoms. The zero-order valence-electron chi connectivity index (χ0n) is 11.7. The van der Waals surface area contributed by atoms with Gasteiger partial charge in [0.1, 0.15) is 5.75 Å². The number of benzene rings is 1. The van der Waals surface area contributed by atoms with E-state index in [-0.39, 0.29) is 5.75 Å². The van der Waals surface area contributed by atoms with Gasteiger partial charge in [0.05, 0.1) is 31.0 Å². The molecule has 1 aromatic carbocycles. The second-order valence-electron chi connectivity index (χ2n) is 4.80. The minimum Gasteiger partial charge on any atom is -0.497 e. The number of methoxy groups -OCH3 is 1. The van der Waals surface area contributed by atoms with E-state index in [4.69, 9.17) is 9.47 Å². The molecule has 0 aromatic heterocycles. The van der Waals surface area contributed by atoms with Crippen molar-refractivity contribution in [2.75, 3.05) is 45.7 Å². The molecule has 0 radical (unpaired) electrons. The van der Waals surface area contributed by atoms with Crippen LogP contribution in [0, 0.1) is 0 Å². The average Bonchev–Trinajstić information content (AvgIpc) is 2.48. The SMILES string of the molecule is COc1ccc(S(=O)(=O)CCCN2CCOCC2)cc1. The van der Waals surface area contributed by atoms with Gasteiger partial charge in [-0.2, -0.15) is 0 Å². The smallest absolute Gasteiger partial charge is 0.178 e. The van der Waals surface area contributed by atoms with Gasteiger partial charge < -0.3 is 9.47 Å². The van der Waals surface area contributed by atoms with Gasteiger partial charge in [-0.1, -0.05) is 0 Å². The van der Waals surface area contributed by atoms with Crippen LogP contribution in [0.4, 0.5) is 0 Å². The van der Waals surface area contributed by atoms with E-state index in [1.807, 2.05) is 0 Å². The number of ether oxygens (including phenoxy) is 2. The molecule has 1 heterocycles. The molecule has 0 atom stereocenters. The Bertz CT molecular complexity index is 506. The van der Waals surface area contributed by atoms with Gasteiger partial charge in [0.15, 0.2) is 9.84 Å². The lowest BCUT2D eigenvalue weighted by Gasteiger charge is -2.26. The molecule has 112 valence electrons. The number of hydrogen-bond acceptors (Lipinski definition) is 5. The fourth-order valence-corrected chi connectivity index (χ4v) is 3.50. The number of nitrogens with zero attached hydrogens (tertiary/aromatic N) is 1. The molecule has 1 aromatic rings. The predicted octanol–water partition coefficient (Wildman–Crippen LogP) is 1.19. The van der Waals surface area contributed by atoms with Gasteiger partial charge in [0.2, 0.25) is 0 Å². The summed E-state index contributed by atoms with van der Waals surface area (Å²) in [5.74, 6) is 0.841. The second kappa shape index (κ2) is 7.06. The maximum absolute atomic E-state index is 12.2. The standard InChI is InChI=1S/C14H21NO4S/c1-18-13-3-5-14(6-4-13)20(16,17)12-2-7-15-8-10-19-11-9-15/h3-6H,2,7-12H2,1H3. The highest BCUT2D eigenvalue weighted by molar-refractivity contribution is 7.91. The number of morpholine rings is 1. The third-order valence-electron chi connectivity index (χ3n) is 3.41. The Hall–Kier alpha value is -1.11. The maximum Gasteiger partial charge on any atom is 0.178 e. The van der Waals surface area contributed by atoms with Gasteiger partial charge in [0.25, 0.3) is 0 Å². The summed E-state index contributed by atoms with van der Waals surface area (Å²) in [5.41, 5.74) is 0. The van der Waals surface area contributed by atoms with Gasteiger partial charge in [0, 0.05) is 13.1 Å². The number of sulfone groups is 1. The monoisotopic (exact) mass is 299 g/mol. The fraction of sp³-hybridized carbons (Fsp3) is 0.571. The van der Waals surface area contributed by atoms with Crippen molar-refractivity contribution in [1.29, 1.82) is 0 Å². The van der Waals surface area contributed by atoms with Crippen molar-refractivity contribution in [2.45, 2.75) is 11.3 Å². The Balaban J connectivity index is 1.86. The third kappa shape index (κ3) is 4.19. The van der Waals surface area contributed by atoms with E-state index >= 15 is 0 Å². The van der Waals surface area contributed by atoms with E-state index in [1.54, 1.807) is 31.4 Å². The molecule has 1 saturated heterocycles. The van der Waals surface area contributed by atoms with Crippen LogP contribution >= 0.6 is 0 Å². The van der Waals surface area contributed by atoms with Crippen LogP contribution < -0.4 is 4.74 Å². The van der Waals surface area contributed by atoms with Crippen LogP contribution in [0.2, 0.25) is 0 Å². The highest BCUT2D eigenvalue weighted by Crippen LogP contribution is 2.17. The van der Waals surface area contributed by atoms with E-state index in [0.717, 1.165) is 32.8 Å². The predicted molar refractivity (Wildman–Crippen MR) is 76.9 cm³/mol. The Morgan fingerprint density at radius 3 is 2.45 bits per heavy atom. The Labute approximate surface area is 120 Å². The summed E-state index contributed by atoms with van der Waals surface area (Å²) < 4.78 is 34.7. The van der Waals surface area contributed by atoms with Crippen molar-refractivity contribution in [3.8, 4) is 5.75 Å². The van der Waals surface area contributed by atoms with Gasteiger partial charge in [-0.05, 0) is 37.2 Å². The van der Waals surface area contributed by atoms with E-state index in [0.29, 0.717) is 17.1 Å². The third-order valence-corrected chi connectivity index (χ3v) is 5.23. The van der Waals surface area contributed by atoms with Crippen LogP contribution in [0.3, 0.4) is 0 Å². The van der Waals surface area contributed by atoms with Crippen molar-refractivity contribution < 1.29 is 17.9 Å². The van der Waals surface area contributed by atoms with Crippen LogP contribution in [0.15, 0.2) is 29.2 Å². The molecule has 6 heteroatoms. The molecule has 0 aliphatic carbocycles. The zero-order valence-corrected chi connectivity index (χ0v) is 12.6. The van der Waals surface area contributed by atoms with E-state index < -0.39 is 9.84 Å². The molecular weight excluding hydrogens is 278 g/mol. The van der Waals surface area contributed by atoms with Gasteiger partial charge in [-0.15, -0.1) is 0 Å². The van der Waals surface area contributed by atoms with Gasteiger partial charge in [-0.3, -0.25) is 4.90 Å². The second-order valence-corrected chi connectivity index (χ2v) is 6.91. The van der Waals surface area contributed by atoms with Crippen molar-refractivity contribution in [2.24, 2.45) is 0 Å². The first-order valence-corrected chi connectivity index (χ1v) is 8.44. The van der Waals surface area contributed by atoms with Crippen molar-refractivity contribution in [1.82, 2.24) is 4.90 Å². The molecule has 5 nitrogen and oxygen atoms in total. The minimum atomic E-state index is -3.20. The summed E-state index contributed by atoms with van der Waals surface area (Å²) in [5, 5.41) is 0. The molecule has 0 spiro atoms. The summed E-state index contributed by atoms with van der Waals surface area (Å²) in [4.78, 5) is 2.60. The van der Waals surface area contributed by atoms with Crippen LogP contribution in [0.5, 0.6) is 5.75 Å². The Morgan fingerprint density at radius 1 is 1.20 bits per heavy atom. The summed E-state index contributed by atoms with van der Waals surface area (Å²) in [6.07, 6.45) is 0.647. The molecular formula is C14H21NO4S. The van der Waals surface area contributed by atoms with E-state index in [1.165, 1.54) is 0 Å². The molecule has 20 heavy (non-hydrogen) atoms. The number of hydrogen-bond donors (Lipinski definition) is 0. The minimum absolute atomic E-state index is 0.177. The zero-order chi connectivity index (χ0) is 14.4. The first-order valence-electron chi connectivity index (χ1n) is 6.79. The summed E-state index contributed by atoms with van der Waals surface area (Å²) in [6, 6.07) is 6.55. The summed E-state index contributed by atoms with van der Waals surface area (Å²) in [7, 11) is -1.64. The average molecular weight is 299 g/mol. The van der Waals surface area contributed by atoms with Crippen molar-refractivity contribution >= 4 is 9.84 Å². The normalized spacial score (nSPS) is 17.1. The molecule has 1 aliphatic rings. The lowest BCUT2D eigenvalue weighted by molar-refractivity contribution is 0.0381. The van der Waals surface area contributed by atoms with Crippen LogP contribution in [0.25, 0.3) is 0 Å². The molecule has 0 amide bonds. The largest absolute Gasteiger partial charge is 0.497 e. The molecule has 0 saturated carbocycles. The summed E-state index contributed by atoms with van der Waals surface area (Å²) in [6.45, 7) is 4.07. The molecule has 2 rings (SSSR count). The molecule has 0 N–H and O–H groups in total. The van der Waals surface area contributed by atoms with Crippen LogP contribution in [-0.4, -0.2) is 59.0 Å². The number of rotatable bonds is 6. The van der Waals surface area contributed by atoms with Gasteiger partial charge in [-0.25, -0.2) is 8.42 Å². The van der Waals surface area contributed by atoms with Gasteiger partial charge >= 0.3 is 0 Å². The van der Waals surface area contributed by atoms with Crippen LogP contribution in [0.1, 0.15) is 6.42 Å². The topological polar surface area (TPSA) is 55.8 Å². The highest BCUT2D eigenvalue weighted by Gasteiger charge is 2.16. The Morgan fingerprint density at radius 2 is 1.85 bits per heavy atom. The van der Waals surface area contributed by atoms with E-state index in [2.05, 4.69) is 4.90 Å². The van der Waals surface area contributed by atoms with Crippen molar-refractivity contribution in [3.05, 3.63) is 24.3 Å². The van der Waals surface area contributed by atoms with E-state index in [9.17, 15) is 8.42 Å². The van der Waals surface area contributed by atoms with Crippen LogP contribution in [-0.2, 0) is 14.6 Å².